The maximum atomic E-state index is 13.1. The Hall–Kier alpha value is -2.96. The number of piperazine rings is 1. The van der Waals surface area contributed by atoms with Crippen LogP contribution in [0.15, 0.2) is 29.2 Å². The zero-order valence-corrected chi connectivity index (χ0v) is 23.5. The average Bonchev–Trinajstić information content (AvgIpc) is 3.25. The molecule has 10 nitrogen and oxygen atoms in total. The summed E-state index contributed by atoms with van der Waals surface area (Å²) in [6, 6.07) is 5.71. The molecule has 1 saturated heterocycles. The van der Waals surface area contributed by atoms with Gasteiger partial charge in [0.25, 0.3) is 5.91 Å². The smallest absolute Gasteiger partial charge is 0.409 e. The summed E-state index contributed by atoms with van der Waals surface area (Å²) < 4.78 is 37.8. The highest BCUT2D eigenvalue weighted by atomic mass is 32.2. The molecule has 206 valence electrons. The second-order valence-corrected chi connectivity index (χ2v) is 12.4. The number of amides is 2. The number of nitrogens with one attached hydrogen (secondary N) is 1. The van der Waals surface area contributed by atoms with Crippen molar-refractivity contribution < 1.29 is 32.3 Å². The molecule has 0 spiro atoms. The minimum absolute atomic E-state index is 0.0615. The van der Waals surface area contributed by atoms with E-state index >= 15 is 0 Å². The fourth-order valence-electron chi connectivity index (χ4n) is 4.69. The zero-order chi connectivity index (χ0) is 27.4. The third-order valence-corrected chi connectivity index (χ3v) is 9.82. The van der Waals surface area contributed by atoms with E-state index in [1.165, 1.54) is 44.8 Å². The number of ether oxygens (including phenoxy) is 2. The SMILES string of the molecule is CCOC(=O)c1c(NC(=O)c2ccc(S(=O)(=O)N3CCN(C(=O)OCC)CC3)cc2)sc2c1CC[C@@H](C)C2. The van der Waals surface area contributed by atoms with Gasteiger partial charge in [0.1, 0.15) is 5.00 Å². The number of benzene rings is 1. The van der Waals surface area contributed by atoms with Crippen molar-refractivity contribution in [2.75, 3.05) is 44.7 Å². The van der Waals surface area contributed by atoms with Crippen molar-refractivity contribution in [2.24, 2.45) is 5.92 Å². The standard InChI is InChI=1S/C26H33N3O7S2/c1-4-35-25(31)22-20-11-6-17(3)16-21(20)37-24(22)27-23(30)18-7-9-19(10-8-18)38(33,34)29-14-12-28(13-15-29)26(32)36-5-2/h7-10,17H,4-6,11-16H2,1-3H3,(H,27,30)/t17-/m1/s1. The zero-order valence-electron chi connectivity index (χ0n) is 21.8. The van der Waals surface area contributed by atoms with Crippen molar-refractivity contribution in [2.45, 2.75) is 44.9 Å². The van der Waals surface area contributed by atoms with Crippen molar-refractivity contribution in [3.05, 3.63) is 45.8 Å². The monoisotopic (exact) mass is 563 g/mol. The maximum Gasteiger partial charge on any atom is 0.409 e. The number of thiophene rings is 1. The van der Waals surface area contributed by atoms with Gasteiger partial charge in [-0.3, -0.25) is 4.79 Å². The van der Waals surface area contributed by atoms with Crippen LogP contribution in [-0.4, -0.2) is 75.0 Å². The second-order valence-electron chi connectivity index (χ2n) is 9.34. The number of hydrogen-bond donors (Lipinski definition) is 1. The first-order valence-corrected chi connectivity index (χ1v) is 15.1. The topological polar surface area (TPSA) is 122 Å². The summed E-state index contributed by atoms with van der Waals surface area (Å²) in [7, 11) is -3.79. The van der Waals surface area contributed by atoms with E-state index in [0.717, 1.165) is 29.7 Å². The summed E-state index contributed by atoms with van der Waals surface area (Å²) in [5, 5.41) is 3.32. The molecule has 1 aliphatic carbocycles. The Morgan fingerprint density at radius 1 is 1.03 bits per heavy atom. The molecule has 0 radical (unpaired) electrons. The van der Waals surface area contributed by atoms with E-state index in [9.17, 15) is 22.8 Å². The molecular weight excluding hydrogens is 530 g/mol. The van der Waals surface area contributed by atoms with Crippen molar-refractivity contribution in [1.82, 2.24) is 9.21 Å². The summed E-state index contributed by atoms with van der Waals surface area (Å²) in [5.41, 5.74) is 1.64. The van der Waals surface area contributed by atoms with Crippen LogP contribution < -0.4 is 5.32 Å². The third-order valence-electron chi connectivity index (χ3n) is 6.74. The molecule has 4 rings (SSSR count). The van der Waals surface area contributed by atoms with Gasteiger partial charge in [-0.25, -0.2) is 18.0 Å². The molecule has 1 fully saturated rings. The lowest BCUT2D eigenvalue weighted by atomic mass is 9.88. The number of hydrogen-bond acceptors (Lipinski definition) is 8. The lowest BCUT2D eigenvalue weighted by molar-refractivity contribution is 0.0526. The highest BCUT2D eigenvalue weighted by molar-refractivity contribution is 7.89. The van der Waals surface area contributed by atoms with Gasteiger partial charge in [0.2, 0.25) is 10.0 Å². The molecule has 0 bridgehead atoms. The lowest BCUT2D eigenvalue weighted by Crippen LogP contribution is -2.50. The molecular formula is C26H33N3O7S2. The van der Waals surface area contributed by atoms with E-state index < -0.39 is 28.0 Å². The third kappa shape index (κ3) is 5.87. The first-order valence-electron chi connectivity index (χ1n) is 12.8. The predicted octanol–water partition coefficient (Wildman–Crippen LogP) is 3.76. The summed E-state index contributed by atoms with van der Waals surface area (Å²) in [6.07, 6.45) is 2.13. The quantitative estimate of drug-likeness (QED) is 0.509. The van der Waals surface area contributed by atoms with Crippen LogP contribution in [0.5, 0.6) is 0 Å². The van der Waals surface area contributed by atoms with Crippen LogP contribution >= 0.6 is 11.3 Å². The van der Waals surface area contributed by atoms with E-state index in [1.807, 2.05) is 0 Å². The van der Waals surface area contributed by atoms with Gasteiger partial charge in [0, 0.05) is 36.6 Å². The van der Waals surface area contributed by atoms with Crippen LogP contribution in [0.3, 0.4) is 0 Å². The average molecular weight is 564 g/mol. The van der Waals surface area contributed by atoms with Gasteiger partial charge < -0.3 is 19.7 Å². The molecule has 2 heterocycles. The number of nitrogens with zero attached hydrogens (tertiary/aromatic N) is 2. The van der Waals surface area contributed by atoms with Crippen molar-refractivity contribution >= 4 is 44.3 Å². The Balaban J connectivity index is 1.47. The van der Waals surface area contributed by atoms with Gasteiger partial charge in [-0.05, 0) is 68.9 Å². The number of anilines is 1. The van der Waals surface area contributed by atoms with Crippen LogP contribution in [0.1, 0.15) is 58.3 Å². The molecule has 1 aliphatic heterocycles. The van der Waals surface area contributed by atoms with Crippen LogP contribution in [-0.2, 0) is 32.3 Å². The van der Waals surface area contributed by atoms with E-state index in [4.69, 9.17) is 9.47 Å². The minimum Gasteiger partial charge on any atom is -0.462 e. The highest BCUT2D eigenvalue weighted by Gasteiger charge is 2.32. The van der Waals surface area contributed by atoms with Gasteiger partial charge in [-0.15, -0.1) is 11.3 Å². The minimum atomic E-state index is -3.79. The molecule has 1 atom stereocenters. The summed E-state index contributed by atoms with van der Waals surface area (Å²) in [6.45, 7) is 6.92. The molecule has 12 heteroatoms. The number of fused-ring (bicyclic) bond motifs is 1. The van der Waals surface area contributed by atoms with Crippen LogP contribution in [0.2, 0.25) is 0 Å². The molecule has 0 saturated carbocycles. The van der Waals surface area contributed by atoms with Crippen LogP contribution in [0.4, 0.5) is 9.80 Å². The molecule has 1 aromatic heterocycles. The molecule has 1 N–H and O–H groups in total. The van der Waals surface area contributed by atoms with Gasteiger partial charge in [0.05, 0.1) is 23.7 Å². The highest BCUT2D eigenvalue weighted by Crippen LogP contribution is 2.40. The summed E-state index contributed by atoms with van der Waals surface area (Å²) in [4.78, 5) is 40.3. The van der Waals surface area contributed by atoms with Gasteiger partial charge in [0.15, 0.2) is 0 Å². The first kappa shape index (κ1) is 28.1. The molecule has 38 heavy (non-hydrogen) atoms. The number of rotatable bonds is 7. The molecule has 2 amide bonds. The number of esters is 1. The van der Waals surface area contributed by atoms with Crippen molar-refractivity contribution in [3.63, 3.8) is 0 Å². The second kappa shape index (κ2) is 11.8. The molecule has 1 aromatic carbocycles. The summed E-state index contributed by atoms with van der Waals surface area (Å²) in [5.74, 6) is -0.379. The lowest BCUT2D eigenvalue weighted by Gasteiger charge is -2.33. The summed E-state index contributed by atoms with van der Waals surface area (Å²) >= 11 is 1.40. The Kier molecular flexibility index (Phi) is 8.74. The Bertz CT molecular complexity index is 1300. The Morgan fingerprint density at radius 2 is 1.68 bits per heavy atom. The van der Waals surface area contributed by atoms with Gasteiger partial charge in [-0.2, -0.15) is 4.31 Å². The van der Waals surface area contributed by atoms with E-state index in [-0.39, 0.29) is 49.9 Å². The molecule has 2 aromatic rings. The number of sulfonamides is 1. The Labute approximate surface area is 226 Å². The number of carbonyl (C=O) groups is 3. The van der Waals surface area contributed by atoms with Crippen molar-refractivity contribution in [1.29, 1.82) is 0 Å². The molecule has 0 unspecified atom stereocenters. The van der Waals surface area contributed by atoms with Crippen LogP contribution in [0.25, 0.3) is 0 Å². The van der Waals surface area contributed by atoms with Gasteiger partial charge in [-0.1, -0.05) is 6.92 Å². The first-order chi connectivity index (χ1) is 18.1. The van der Waals surface area contributed by atoms with E-state index in [1.54, 1.807) is 13.8 Å². The normalized spacial score (nSPS) is 18.0. The van der Waals surface area contributed by atoms with E-state index in [0.29, 0.717) is 16.5 Å². The van der Waals surface area contributed by atoms with Gasteiger partial charge >= 0.3 is 12.1 Å². The largest absolute Gasteiger partial charge is 0.462 e. The molecule has 2 aliphatic rings. The fraction of sp³-hybridized carbons (Fsp3) is 0.500. The Morgan fingerprint density at radius 3 is 2.32 bits per heavy atom. The predicted molar refractivity (Wildman–Crippen MR) is 143 cm³/mol. The van der Waals surface area contributed by atoms with E-state index in [2.05, 4.69) is 12.2 Å². The van der Waals surface area contributed by atoms with Crippen LogP contribution in [0, 0.1) is 5.92 Å². The number of carbonyl (C=O) groups excluding carboxylic acids is 3. The fourth-order valence-corrected chi connectivity index (χ4v) is 7.50. The maximum absolute atomic E-state index is 13.1. The van der Waals surface area contributed by atoms with Crippen molar-refractivity contribution in [3.8, 4) is 0 Å².